The molecule has 1 fully saturated rings. The number of Topliss-reactive ketones (excluding diaryl/α,β-unsaturated/α-hetero) is 1. The van der Waals surface area contributed by atoms with Crippen LogP contribution in [0.4, 0.5) is 0 Å². The van der Waals surface area contributed by atoms with Crippen LogP contribution in [0.5, 0.6) is 0 Å². The number of carbonyl (C=O) groups excluding carboxylic acids is 2. The van der Waals surface area contributed by atoms with Crippen molar-refractivity contribution in [3.8, 4) is 0 Å². The van der Waals surface area contributed by atoms with Crippen LogP contribution in [0.25, 0.3) is 5.65 Å². The number of likely N-dealkylation sites (tertiary alicyclic amines) is 1. The molecule has 2 aromatic rings. The molecule has 0 saturated carbocycles. The lowest BCUT2D eigenvalue weighted by molar-refractivity contribution is -0.133. The van der Waals surface area contributed by atoms with E-state index in [1.807, 2.05) is 35.9 Å². The van der Waals surface area contributed by atoms with Gasteiger partial charge in [0.1, 0.15) is 11.4 Å². The number of ketones is 1. The molecule has 1 amide bonds. The predicted octanol–water partition coefficient (Wildman–Crippen LogP) is 1.38. The fourth-order valence-electron chi connectivity index (χ4n) is 2.49. The molecule has 3 rings (SSSR count). The van der Waals surface area contributed by atoms with Crippen LogP contribution >= 0.6 is 0 Å². The standard InChI is InChI=1S/C15H17N3O2/c1-11-2-5-18-10-12(16-14(18)8-11)9-15(20)17-6-3-13(19)4-7-17/h2,5,8,10H,3-4,6-7,9H2,1H3. The highest BCUT2D eigenvalue weighted by Crippen LogP contribution is 2.11. The van der Waals surface area contributed by atoms with Crippen LogP contribution in [0.2, 0.25) is 0 Å². The van der Waals surface area contributed by atoms with E-state index in [0.29, 0.717) is 32.4 Å². The molecule has 2 aromatic heterocycles. The number of piperidine rings is 1. The molecule has 0 radical (unpaired) electrons. The van der Waals surface area contributed by atoms with Crippen molar-refractivity contribution in [2.45, 2.75) is 26.2 Å². The molecule has 0 spiro atoms. The number of aromatic nitrogens is 2. The van der Waals surface area contributed by atoms with Crippen molar-refractivity contribution in [1.82, 2.24) is 14.3 Å². The minimum Gasteiger partial charge on any atom is -0.341 e. The molecule has 5 nitrogen and oxygen atoms in total. The molecule has 0 atom stereocenters. The number of rotatable bonds is 2. The van der Waals surface area contributed by atoms with Gasteiger partial charge in [0, 0.05) is 38.3 Å². The van der Waals surface area contributed by atoms with E-state index in [1.54, 1.807) is 4.90 Å². The van der Waals surface area contributed by atoms with E-state index >= 15 is 0 Å². The monoisotopic (exact) mass is 271 g/mol. The highest BCUT2D eigenvalue weighted by molar-refractivity contribution is 5.84. The minimum absolute atomic E-state index is 0.0534. The Bertz CT molecular complexity index is 665. The summed E-state index contributed by atoms with van der Waals surface area (Å²) in [4.78, 5) is 29.6. The molecular weight excluding hydrogens is 254 g/mol. The number of aryl methyl sites for hydroxylation is 1. The number of carbonyl (C=O) groups is 2. The Balaban J connectivity index is 1.72. The van der Waals surface area contributed by atoms with E-state index < -0.39 is 0 Å². The Morgan fingerprint density at radius 1 is 1.35 bits per heavy atom. The fourth-order valence-corrected chi connectivity index (χ4v) is 2.49. The molecule has 0 aromatic carbocycles. The molecule has 1 aliphatic heterocycles. The summed E-state index contributed by atoms with van der Waals surface area (Å²) in [5.41, 5.74) is 2.79. The Morgan fingerprint density at radius 2 is 2.10 bits per heavy atom. The summed E-state index contributed by atoms with van der Waals surface area (Å²) in [6.07, 6.45) is 5.11. The van der Waals surface area contributed by atoms with E-state index in [9.17, 15) is 9.59 Å². The molecule has 3 heterocycles. The topological polar surface area (TPSA) is 54.7 Å². The van der Waals surface area contributed by atoms with Crippen molar-refractivity contribution in [2.24, 2.45) is 0 Å². The van der Waals surface area contributed by atoms with Gasteiger partial charge >= 0.3 is 0 Å². The smallest absolute Gasteiger partial charge is 0.228 e. The first-order valence-electron chi connectivity index (χ1n) is 6.85. The minimum atomic E-state index is 0.0534. The van der Waals surface area contributed by atoms with Gasteiger partial charge in [0.15, 0.2) is 0 Å². The molecule has 0 unspecified atom stereocenters. The summed E-state index contributed by atoms with van der Waals surface area (Å²) < 4.78 is 1.93. The number of hydrogen-bond donors (Lipinski definition) is 0. The molecule has 0 N–H and O–H groups in total. The second-order valence-corrected chi connectivity index (χ2v) is 5.30. The normalized spacial score (nSPS) is 15.8. The third kappa shape index (κ3) is 2.57. The molecular formula is C15H17N3O2. The zero-order valence-corrected chi connectivity index (χ0v) is 11.5. The number of pyridine rings is 1. The van der Waals surface area contributed by atoms with Crippen LogP contribution in [0.15, 0.2) is 24.5 Å². The van der Waals surface area contributed by atoms with Gasteiger partial charge in [0.2, 0.25) is 5.91 Å². The van der Waals surface area contributed by atoms with Crippen LogP contribution in [0.3, 0.4) is 0 Å². The number of amides is 1. The zero-order chi connectivity index (χ0) is 14.1. The second kappa shape index (κ2) is 5.07. The first-order valence-corrected chi connectivity index (χ1v) is 6.85. The van der Waals surface area contributed by atoms with Crippen molar-refractivity contribution in [3.05, 3.63) is 35.8 Å². The predicted molar refractivity (Wildman–Crippen MR) is 74.5 cm³/mol. The number of nitrogens with zero attached hydrogens (tertiary/aromatic N) is 3. The van der Waals surface area contributed by atoms with Gasteiger partial charge in [0.05, 0.1) is 12.1 Å². The third-order valence-electron chi connectivity index (χ3n) is 3.67. The van der Waals surface area contributed by atoms with E-state index in [4.69, 9.17) is 0 Å². The van der Waals surface area contributed by atoms with Crippen molar-refractivity contribution >= 4 is 17.3 Å². The maximum Gasteiger partial charge on any atom is 0.228 e. The summed E-state index contributed by atoms with van der Waals surface area (Å²) in [7, 11) is 0. The zero-order valence-electron chi connectivity index (χ0n) is 11.5. The van der Waals surface area contributed by atoms with E-state index in [-0.39, 0.29) is 11.7 Å². The molecule has 0 bridgehead atoms. The molecule has 1 saturated heterocycles. The number of imidazole rings is 1. The van der Waals surface area contributed by atoms with Crippen molar-refractivity contribution in [2.75, 3.05) is 13.1 Å². The quantitative estimate of drug-likeness (QED) is 0.829. The SMILES string of the molecule is Cc1ccn2cc(CC(=O)N3CCC(=O)CC3)nc2c1. The second-order valence-electron chi connectivity index (χ2n) is 5.30. The summed E-state index contributed by atoms with van der Waals surface area (Å²) in [6, 6.07) is 4.00. The van der Waals surface area contributed by atoms with E-state index in [0.717, 1.165) is 16.9 Å². The first-order chi connectivity index (χ1) is 9.61. The molecule has 1 aliphatic rings. The number of hydrogen-bond acceptors (Lipinski definition) is 3. The van der Waals surface area contributed by atoms with Gasteiger partial charge in [-0.1, -0.05) is 0 Å². The average molecular weight is 271 g/mol. The maximum atomic E-state index is 12.2. The van der Waals surface area contributed by atoms with Gasteiger partial charge in [0.25, 0.3) is 0 Å². The molecule has 20 heavy (non-hydrogen) atoms. The van der Waals surface area contributed by atoms with Gasteiger partial charge < -0.3 is 9.30 Å². The van der Waals surface area contributed by atoms with Crippen molar-refractivity contribution in [3.63, 3.8) is 0 Å². The lowest BCUT2D eigenvalue weighted by Crippen LogP contribution is -2.39. The highest BCUT2D eigenvalue weighted by atomic mass is 16.2. The van der Waals surface area contributed by atoms with E-state index in [1.165, 1.54) is 0 Å². The number of fused-ring (bicyclic) bond motifs is 1. The summed E-state index contributed by atoms with van der Waals surface area (Å²) in [5, 5.41) is 0. The molecule has 5 heteroatoms. The van der Waals surface area contributed by atoms with Gasteiger partial charge in [-0.2, -0.15) is 0 Å². The fraction of sp³-hybridized carbons (Fsp3) is 0.400. The molecule has 0 aliphatic carbocycles. The average Bonchev–Trinajstić information content (AvgIpc) is 2.80. The first kappa shape index (κ1) is 12.8. The Hall–Kier alpha value is -2.17. The van der Waals surface area contributed by atoms with Crippen LogP contribution in [0, 0.1) is 6.92 Å². The van der Waals surface area contributed by atoms with Gasteiger partial charge in [-0.15, -0.1) is 0 Å². The summed E-state index contributed by atoms with van der Waals surface area (Å²) in [5.74, 6) is 0.301. The van der Waals surface area contributed by atoms with Crippen LogP contribution in [-0.4, -0.2) is 39.1 Å². The Morgan fingerprint density at radius 3 is 2.85 bits per heavy atom. The van der Waals surface area contributed by atoms with Gasteiger partial charge in [-0.3, -0.25) is 9.59 Å². The van der Waals surface area contributed by atoms with Crippen LogP contribution in [-0.2, 0) is 16.0 Å². The third-order valence-corrected chi connectivity index (χ3v) is 3.67. The Labute approximate surface area is 117 Å². The Kier molecular flexibility index (Phi) is 3.26. The summed E-state index contributed by atoms with van der Waals surface area (Å²) >= 11 is 0. The van der Waals surface area contributed by atoms with Crippen LogP contribution in [0.1, 0.15) is 24.1 Å². The van der Waals surface area contributed by atoms with Crippen LogP contribution < -0.4 is 0 Å². The lowest BCUT2D eigenvalue weighted by atomic mass is 10.1. The van der Waals surface area contributed by atoms with Gasteiger partial charge in [-0.05, 0) is 24.6 Å². The highest BCUT2D eigenvalue weighted by Gasteiger charge is 2.21. The maximum absolute atomic E-state index is 12.2. The van der Waals surface area contributed by atoms with Crippen molar-refractivity contribution in [1.29, 1.82) is 0 Å². The van der Waals surface area contributed by atoms with E-state index in [2.05, 4.69) is 4.98 Å². The van der Waals surface area contributed by atoms with Gasteiger partial charge in [-0.25, -0.2) is 4.98 Å². The lowest BCUT2D eigenvalue weighted by Gasteiger charge is -2.25. The van der Waals surface area contributed by atoms with Crippen molar-refractivity contribution < 1.29 is 9.59 Å². The largest absolute Gasteiger partial charge is 0.341 e. The molecule has 104 valence electrons. The summed E-state index contributed by atoms with van der Waals surface area (Å²) in [6.45, 7) is 3.11.